The highest BCUT2D eigenvalue weighted by Crippen LogP contribution is 2.34. The third-order valence-electron chi connectivity index (χ3n) is 3.73. The van der Waals surface area contributed by atoms with Crippen molar-refractivity contribution < 1.29 is 4.79 Å². The van der Waals surface area contributed by atoms with Gasteiger partial charge in [0.1, 0.15) is 6.17 Å². The van der Waals surface area contributed by atoms with Crippen LogP contribution in [0.5, 0.6) is 0 Å². The van der Waals surface area contributed by atoms with Crippen LogP contribution in [-0.4, -0.2) is 37.0 Å². The molecule has 1 aliphatic rings. The summed E-state index contributed by atoms with van der Waals surface area (Å²) in [5, 5.41) is 7.40. The van der Waals surface area contributed by atoms with Gasteiger partial charge in [0.15, 0.2) is 0 Å². The van der Waals surface area contributed by atoms with Gasteiger partial charge in [0.25, 0.3) is 0 Å². The van der Waals surface area contributed by atoms with Crippen LogP contribution in [0.2, 0.25) is 5.02 Å². The van der Waals surface area contributed by atoms with E-state index in [9.17, 15) is 4.79 Å². The highest BCUT2D eigenvalue weighted by Gasteiger charge is 2.22. The number of hydrogen-bond acceptors (Lipinski definition) is 6. The van der Waals surface area contributed by atoms with Crippen LogP contribution in [0.25, 0.3) is 0 Å². The van der Waals surface area contributed by atoms with Gasteiger partial charge < -0.3 is 27.1 Å². The lowest BCUT2D eigenvalue weighted by Gasteiger charge is -2.36. The van der Waals surface area contributed by atoms with Crippen molar-refractivity contribution >= 4 is 28.9 Å². The van der Waals surface area contributed by atoms with Crippen LogP contribution in [0, 0.1) is 0 Å². The zero-order valence-electron chi connectivity index (χ0n) is 12.4. The minimum absolute atomic E-state index is 0.0739. The number of nitrogen functional groups attached to an aromatic ring is 1. The van der Waals surface area contributed by atoms with Crippen LogP contribution in [0.3, 0.4) is 0 Å². The molecule has 0 bridgehead atoms. The van der Waals surface area contributed by atoms with Crippen molar-refractivity contribution in [2.75, 3.05) is 36.8 Å². The largest absolute Gasteiger partial charge is 0.397 e. The summed E-state index contributed by atoms with van der Waals surface area (Å²) in [6, 6.07) is 3.45. The predicted molar refractivity (Wildman–Crippen MR) is 86.3 cm³/mol. The van der Waals surface area contributed by atoms with Gasteiger partial charge in [-0.3, -0.25) is 4.79 Å². The lowest BCUT2D eigenvalue weighted by atomic mass is 10.1. The van der Waals surface area contributed by atoms with E-state index in [1.54, 1.807) is 24.0 Å². The molecule has 1 aromatic rings. The molecule has 0 spiro atoms. The van der Waals surface area contributed by atoms with Crippen molar-refractivity contribution in [1.29, 1.82) is 0 Å². The molecule has 120 valence electrons. The minimum Gasteiger partial charge on any atom is -0.397 e. The Kier molecular flexibility index (Phi) is 5.04. The molecule has 1 unspecified atom stereocenters. The molecule has 0 radical (unpaired) electrons. The van der Waals surface area contributed by atoms with Crippen molar-refractivity contribution in [1.82, 2.24) is 4.90 Å². The average molecular weight is 326 g/mol. The Morgan fingerprint density at radius 1 is 1.32 bits per heavy atom. The van der Waals surface area contributed by atoms with Crippen LogP contribution in [0.15, 0.2) is 22.5 Å². The standard InChI is InChI=1S/C13H20ClN7O/c1-8(22)20-2-4-21(5-3-20)11-7-9(14)6-10(12(11)15)13(16)18-19-17/h6-7,13H,2-5,15-16H2,1H3,(H2,17,18). The first-order valence-electron chi connectivity index (χ1n) is 6.89. The highest BCUT2D eigenvalue weighted by molar-refractivity contribution is 6.31. The average Bonchev–Trinajstić information content (AvgIpc) is 2.49. The molecule has 1 atom stereocenters. The van der Waals surface area contributed by atoms with Gasteiger partial charge in [0.2, 0.25) is 5.91 Å². The van der Waals surface area contributed by atoms with Gasteiger partial charge in [-0.1, -0.05) is 16.8 Å². The molecule has 2 rings (SSSR count). The van der Waals surface area contributed by atoms with Crippen molar-refractivity contribution in [2.24, 2.45) is 21.9 Å². The third-order valence-corrected chi connectivity index (χ3v) is 3.95. The summed E-state index contributed by atoms with van der Waals surface area (Å²) in [6.45, 7) is 4.21. The van der Waals surface area contributed by atoms with Gasteiger partial charge >= 0.3 is 0 Å². The number of carbonyl (C=O) groups is 1. The number of benzene rings is 1. The van der Waals surface area contributed by atoms with Crippen LogP contribution in [-0.2, 0) is 4.79 Å². The van der Waals surface area contributed by atoms with Gasteiger partial charge in [-0.25, -0.2) is 0 Å². The van der Waals surface area contributed by atoms with E-state index in [1.165, 1.54) is 0 Å². The van der Waals surface area contributed by atoms with E-state index in [-0.39, 0.29) is 5.91 Å². The fourth-order valence-electron chi connectivity index (χ4n) is 2.53. The van der Waals surface area contributed by atoms with Crippen LogP contribution < -0.4 is 22.2 Å². The van der Waals surface area contributed by atoms with Gasteiger partial charge in [-0.05, 0) is 12.1 Å². The normalized spacial score (nSPS) is 17.0. The number of nitrogens with two attached hydrogens (primary N) is 3. The molecule has 0 aliphatic carbocycles. The molecule has 1 heterocycles. The molecule has 1 aliphatic heterocycles. The van der Waals surface area contributed by atoms with Gasteiger partial charge in [0, 0.05) is 43.7 Å². The Labute approximate surface area is 133 Å². The Bertz CT molecular complexity index is 584. The van der Waals surface area contributed by atoms with Gasteiger partial charge in [-0.15, -0.1) is 5.11 Å². The first kappa shape index (κ1) is 16.3. The van der Waals surface area contributed by atoms with E-state index in [0.717, 1.165) is 5.69 Å². The molecule has 1 amide bonds. The summed E-state index contributed by atoms with van der Waals surface area (Å²) in [4.78, 5) is 15.3. The van der Waals surface area contributed by atoms with E-state index in [2.05, 4.69) is 15.2 Å². The maximum atomic E-state index is 11.4. The van der Waals surface area contributed by atoms with E-state index >= 15 is 0 Å². The number of amides is 1. The number of rotatable bonds is 3. The van der Waals surface area contributed by atoms with E-state index < -0.39 is 6.17 Å². The van der Waals surface area contributed by atoms with Crippen molar-refractivity contribution in [2.45, 2.75) is 13.1 Å². The van der Waals surface area contributed by atoms with Gasteiger partial charge in [-0.2, -0.15) is 0 Å². The number of halogens is 1. The zero-order chi connectivity index (χ0) is 16.3. The topological polar surface area (TPSA) is 126 Å². The second-order valence-electron chi connectivity index (χ2n) is 5.10. The molecule has 0 saturated carbocycles. The predicted octanol–water partition coefficient (Wildman–Crippen LogP) is 0.874. The summed E-state index contributed by atoms with van der Waals surface area (Å²) in [6.07, 6.45) is -0.763. The second-order valence-corrected chi connectivity index (χ2v) is 5.53. The molecule has 1 fully saturated rings. The van der Waals surface area contributed by atoms with Crippen LogP contribution in [0.4, 0.5) is 11.4 Å². The lowest BCUT2D eigenvalue weighted by Crippen LogP contribution is -2.48. The molecule has 1 aromatic carbocycles. The number of anilines is 2. The van der Waals surface area contributed by atoms with Crippen LogP contribution >= 0.6 is 11.6 Å². The molecule has 1 saturated heterocycles. The van der Waals surface area contributed by atoms with E-state index in [0.29, 0.717) is 42.5 Å². The highest BCUT2D eigenvalue weighted by atomic mass is 35.5. The Morgan fingerprint density at radius 3 is 2.50 bits per heavy atom. The van der Waals surface area contributed by atoms with Crippen molar-refractivity contribution in [3.8, 4) is 0 Å². The quantitative estimate of drug-likeness (QED) is 0.329. The number of carbonyl (C=O) groups excluding carboxylic acids is 1. The van der Waals surface area contributed by atoms with Crippen molar-refractivity contribution in [3.63, 3.8) is 0 Å². The molecule has 8 nitrogen and oxygen atoms in total. The first-order chi connectivity index (χ1) is 10.4. The number of hydrogen-bond donors (Lipinski definition) is 3. The van der Waals surface area contributed by atoms with E-state index in [4.69, 9.17) is 28.9 Å². The summed E-state index contributed by atoms with van der Waals surface area (Å²) in [5.74, 6) is 5.11. The first-order valence-corrected chi connectivity index (χ1v) is 7.26. The molecular formula is C13H20ClN7O. The van der Waals surface area contributed by atoms with E-state index in [1.807, 2.05) is 0 Å². The fraction of sp³-hybridized carbons (Fsp3) is 0.462. The third kappa shape index (κ3) is 3.40. The molecule has 22 heavy (non-hydrogen) atoms. The Balaban J connectivity index is 2.27. The summed E-state index contributed by atoms with van der Waals surface area (Å²) in [5.41, 5.74) is 14.0. The SMILES string of the molecule is CC(=O)N1CCN(c2cc(Cl)cc(C(N)N=NN)c2N)CC1. The summed E-state index contributed by atoms with van der Waals surface area (Å²) >= 11 is 6.16. The Morgan fingerprint density at radius 2 is 1.95 bits per heavy atom. The minimum atomic E-state index is -0.763. The number of nitrogens with zero attached hydrogens (tertiary/aromatic N) is 4. The fourth-order valence-corrected chi connectivity index (χ4v) is 2.75. The van der Waals surface area contributed by atoms with Crippen LogP contribution in [0.1, 0.15) is 18.7 Å². The number of piperazine rings is 1. The zero-order valence-corrected chi connectivity index (χ0v) is 13.1. The molecular weight excluding hydrogens is 306 g/mol. The smallest absolute Gasteiger partial charge is 0.219 e. The molecule has 6 N–H and O–H groups in total. The summed E-state index contributed by atoms with van der Waals surface area (Å²) in [7, 11) is 0. The molecule has 9 heteroatoms. The lowest BCUT2D eigenvalue weighted by molar-refractivity contribution is -0.129. The van der Waals surface area contributed by atoms with Crippen molar-refractivity contribution in [3.05, 3.63) is 22.7 Å². The monoisotopic (exact) mass is 325 g/mol. The van der Waals surface area contributed by atoms with Gasteiger partial charge in [0.05, 0.1) is 11.4 Å². The Hall–Kier alpha value is -2.06. The maximum Gasteiger partial charge on any atom is 0.219 e. The summed E-state index contributed by atoms with van der Waals surface area (Å²) < 4.78 is 0. The molecule has 0 aromatic heterocycles. The maximum absolute atomic E-state index is 11.4. The second kappa shape index (κ2) is 6.80.